The van der Waals surface area contributed by atoms with Crippen molar-refractivity contribution in [1.29, 1.82) is 0 Å². The van der Waals surface area contributed by atoms with Crippen molar-refractivity contribution in [3.8, 4) is 22.6 Å². The van der Waals surface area contributed by atoms with Crippen LogP contribution in [0.25, 0.3) is 27.7 Å². The minimum absolute atomic E-state index is 0.180. The second-order valence-electron chi connectivity index (χ2n) is 9.69. The van der Waals surface area contributed by atoms with Gasteiger partial charge in [-0.2, -0.15) is 0 Å². The summed E-state index contributed by atoms with van der Waals surface area (Å²) in [5, 5.41) is 0.579. The lowest BCUT2D eigenvalue weighted by Gasteiger charge is -2.18. The molecule has 0 saturated heterocycles. The molecule has 1 atom stereocenters. The molecule has 0 radical (unpaired) electrons. The molecule has 1 heterocycles. The highest BCUT2D eigenvalue weighted by molar-refractivity contribution is 6.04. The predicted octanol–water partition coefficient (Wildman–Crippen LogP) is 7.83. The number of hydrogen-bond donors (Lipinski definition) is 0. The molecule has 0 spiro atoms. The fourth-order valence-corrected chi connectivity index (χ4v) is 5.10. The third-order valence-electron chi connectivity index (χ3n) is 6.91. The minimum atomic E-state index is -1.03. The number of carbonyl (C=O) groups is 1. The SMILES string of the molecule is COCC(C)c1c(-c2ccc(C(=O)OC)cc2)c2c(OCc3ccccc3)cc(F)cc2n1-c1ccc(F)c(F)c1. The molecule has 5 nitrogen and oxygen atoms in total. The summed E-state index contributed by atoms with van der Waals surface area (Å²) in [6.45, 7) is 2.40. The van der Waals surface area contributed by atoms with Crippen molar-refractivity contribution < 1.29 is 32.2 Å². The van der Waals surface area contributed by atoms with Crippen LogP contribution in [0.3, 0.4) is 0 Å². The van der Waals surface area contributed by atoms with Gasteiger partial charge in [-0.05, 0) is 41.5 Å². The second-order valence-corrected chi connectivity index (χ2v) is 9.69. The Balaban J connectivity index is 1.84. The summed E-state index contributed by atoms with van der Waals surface area (Å²) in [7, 11) is 2.88. The van der Waals surface area contributed by atoms with Gasteiger partial charge in [0.15, 0.2) is 11.6 Å². The monoisotopic (exact) mass is 559 g/mol. The van der Waals surface area contributed by atoms with E-state index in [4.69, 9.17) is 14.2 Å². The molecule has 5 aromatic rings. The zero-order valence-corrected chi connectivity index (χ0v) is 22.8. The topological polar surface area (TPSA) is 49.7 Å². The Morgan fingerprint density at radius 1 is 0.878 bits per heavy atom. The molecule has 0 saturated carbocycles. The Kier molecular flexibility index (Phi) is 8.12. The van der Waals surface area contributed by atoms with Gasteiger partial charge in [0, 0.05) is 42.1 Å². The molecule has 0 fully saturated rings. The number of rotatable bonds is 9. The van der Waals surface area contributed by atoms with Gasteiger partial charge in [0.25, 0.3) is 0 Å². The van der Waals surface area contributed by atoms with E-state index >= 15 is 4.39 Å². The van der Waals surface area contributed by atoms with Gasteiger partial charge in [-0.15, -0.1) is 0 Å². The van der Waals surface area contributed by atoms with Crippen LogP contribution in [0.1, 0.15) is 34.5 Å². The van der Waals surface area contributed by atoms with Crippen LogP contribution in [-0.2, 0) is 16.1 Å². The lowest BCUT2D eigenvalue weighted by molar-refractivity contribution is 0.0600. The first-order chi connectivity index (χ1) is 19.8. The van der Waals surface area contributed by atoms with Gasteiger partial charge in [-0.3, -0.25) is 0 Å². The molecule has 0 bridgehead atoms. The Morgan fingerprint density at radius 2 is 1.61 bits per heavy atom. The number of aromatic nitrogens is 1. The van der Waals surface area contributed by atoms with Crippen molar-refractivity contribution in [1.82, 2.24) is 4.57 Å². The maximum absolute atomic E-state index is 15.2. The Hall–Kier alpha value is -4.56. The molecule has 0 aliphatic heterocycles. The van der Waals surface area contributed by atoms with Crippen molar-refractivity contribution in [2.45, 2.75) is 19.4 Å². The van der Waals surface area contributed by atoms with Gasteiger partial charge in [0.05, 0.1) is 30.2 Å². The maximum atomic E-state index is 15.2. The molecule has 0 amide bonds. The normalized spacial score (nSPS) is 12.0. The summed E-state index contributed by atoms with van der Waals surface area (Å²) < 4.78 is 62.0. The largest absolute Gasteiger partial charge is 0.488 e. The van der Waals surface area contributed by atoms with E-state index in [9.17, 15) is 13.6 Å². The van der Waals surface area contributed by atoms with Crippen LogP contribution >= 0.6 is 0 Å². The molecular formula is C33H28F3NO4. The smallest absolute Gasteiger partial charge is 0.337 e. The van der Waals surface area contributed by atoms with E-state index in [1.807, 2.05) is 37.3 Å². The minimum Gasteiger partial charge on any atom is -0.488 e. The van der Waals surface area contributed by atoms with Crippen molar-refractivity contribution in [2.75, 3.05) is 20.8 Å². The lowest BCUT2D eigenvalue weighted by Crippen LogP contribution is -2.10. The second kappa shape index (κ2) is 11.9. The molecule has 0 aliphatic rings. The summed E-state index contributed by atoms with van der Waals surface area (Å²) in [5.74, 6) is -3.06. The van der Waals surface area contributed by atoms with Gasteiger partial charge in [-0.25, -0.2) is 18.0 Å². The van der Waals surface area contributed by atoms with E-state index in [0.717, 1.165) is 17.7 Å². The van der Waals surface area contributed by atoms with Crippen molar-refractivity contribution >= 4 is 16.9 Å². The molecule has 8 heteroatoms. The van der Waals surface area contributed by atoms with Gasteiger partial charge in [0.1, 0.15) is 18.2 Å². The van der Waals surface area contributed by atoms with Gasteiger partial charge < -0.3 is 18.8 Å². The summed E-state index contributed by atoms with van der Waals surface area (Å²) >= 11 is 0. The number of nitrogens with zero attached hydrogens (tertiary/aromatic N) is 1. The average molecular weight is 560 g/mol. The molecule has 210 valence electrons. The Labute approximate surface area is 235 Å². The molecule has 1 aromatic heterocycles. The van der Waals surface area contributed by atoms with Gasteiger partial charge in [-0.1, -0.05) is 49.4 Å². The molecular weight excluding hydrogens is 531 g/mol. The van der Waals surface area contributed by atoms with Crippen LogP contribution in [0, 0.1) is 17.5 Å². The summed E-state index contributed by atoms with van der Waals surface area (Å²) in [4.78, 5) is 12.1. The first-order valence-corrected chi connectivity index (χ1v) is 13.0. The number of carbonyl (C=O) groups excluding carboxylic acids is 1. The van der Waals surface area contributed by atoms with Crippen molar-refractivity contribution in [2.24, 2.45) is 0 Å². The summed E-state index contributed by atoms with van der Waals surface area (Å²) in [6.07, 6.45) is 0. The van der Waals surface area contributed by atoms with Crippen molar-refractivity contribution in [3.05, 3.63) is 119 Å². The third-order valence-corrected chi connectivity index (χ3v) is 6.91. The highest BCUT2D eigenvalue weighted by Crippen LogP contribution is 2.45. The molecule has 0 aliphatic carbocycles. The highest BCUT2D eigenvalue weighted by atomic mass is 19.2. The number of halogens is 3. The quantitative estimate of drug-likeness (QED) is 0.173. The van der Waals surface area contributed by atoms with E-state index in [2.05, 4.69) is 0 Å². The number of hydrogen-bond acceptors (Lipinski definition) is 4. The third kappa shape index (κ3) is 5.56. The van der Waals surface area contributed by atoms with Crippen LogP contribution in [0.2, 0.25) is 0 Å². The maximum Gasteiger partial charge on any atom is 0.337 e. The molecule has 1 unspecified atom stereocenters. The average Bonchev–Trinajstić information content (AvgIpc) is 3.32. The number of fused-ring (bicyclic) bond motifs is 1. The van der Waals surface area contributed by atoms with Crippen LogP contribution in [0.15, 0.2) is 84.9 Å². The fraction of sp³-hybridized carbons (Fsp3) is 0.182. The number of ether oxygens (including phenoxy) is 3. The van der Waals surface area contributed by atoms with E-state index in [1.165, 1.54) is 25.3 Å². The zero-order chi connectivity index (χ0) is 29.1. The molecule has 5 rings (SSSR count). The van der Waals surface area contributed by atoms with E-state index in [1.54, 1.807) is 35.9 Å². The molecule has 41 heavy (non-hydrogen) atoms. The first-order valence-electron chi connectivity index (χ1n) is 13.0. The Bertz CT molecular complexity index is 1700. The predicted molar refractivity (Wildman–Crippen MR) is 151 cm³/mol. The van der Waals surface area contributed by atoms with Crippen LogP contribution in [-0.4, -0.2) is 31.4 Å². The van der Waals surface area contributed by atoms with Crippen LogP contribution in [0.4, 0.5) is 13.2 Å². The molecule has 0 N–H and O–H groups in total. The Morgan fingerprint density at radius 3 is 2.27 bits per heavy atom. The van der Waals surface area contributed by atoms with Crippen LogP contribution in [0.5, 0.6) is 5.75 Å². The van der Waals surface area contributed by atoms with Gasteiger partial charge in [0.2, 0.25) is 0 Å². The van der Waals surface area contributed by atoms with Gasteiger partial charge >= 0.3 is 5.97 Å². The summed E-state index contributed by atoms with van der Waals surface area (Å²) in [6, 6.07) is 22.5. The lowest BCUT2D eigenvalue weighted by atomic mass is 9.95. The fourth-order valence-electron chi connectivity index (χ4n) is 5.10. The first kappa shape index (κ1) is 28.0. The van der Waals surface area contributed by atoms with E-state index in [0.29, 0.717) is 39.0 Å². The van der Waals surface area contributed by atoms with E-state index in [-0.39, 0.29) is 24.9 Å². The van der Waals surface area contributed by atoms with Crippen LogP contribution < -0.4 is 4.74 Å². The zero-order valence-electron chi connectivity index (χ0n) is 22.8. The molecule has 4 aromatic carbocycles. The summed E-state index contributed by atoms with van der Waals surface area (Å²) in [5.41, 5.74) is 4.04. The number of methoxy groups -OCH3 is 2. The highest BCUT2D eigenvalue weighted by Gasteiger charge is 2.28. The standard InChI is InChI=1S/C33H28F3NO4/c1-20(18-39-2)32-30(22-9-11-23(12-10-22)33(38)40-3)31-28(37(32)25-13-14-26(35)27(36)17-25)15-24(34)16-29(31)41-19-21-7-5-4-6-8-21/h4-17,20H,18-19H2,1-3H3. The van der Waals surface area contributed by atoms with E-state index < -0.39 is 23.4 Å². The number of benzene rings is 4. The van der Waals surface area contributed by atoms with Crippen molar-refractivity contribution in [3.63, 3.8) is 0 Å². The number of esters is 1.